The average molecular weight is 310 g/mol. The third kappa shape index (κ3) is 5.16. The molecule has 1 heterocycles. The molecule has 0 unspecified atom stereocenters. The molecule has 1 aromatic carbocycles. The molecule has 1 aromatic rings. The number of nitrogens with one attached hydrogen (secondary N) is 3. The summed E-state index contributed by atoms with van der Waals surface area (Å²) in [5.41, 5.74) is 1.92. The Balaban J connectivity index is 1.77. The summed E-state index contributed by atoms with van der Waals surface area (Å²) < 4.78 is 0. The first-order valence-corrected chi connectivity index (χ1v) is 7.78. The maximum absolute atomic E-state index is 12.1. The molecular formula is C16H24ClN3O+2. The van der Waals surface area contributed by atoms with Crippen molar-refractivity contribution in [3.8, 4) is 0 Å². The Labute approximate surface area is 131 Å². The molecule has 1 aliphatic rings. The fourth-order valence-corrected chi connectivity index (χ4v) is 2.90. The van der Waals surface area contributed by atoms with Crippen LogP contribution in [-0.2, 0) is 4.79 Å². The van der Waals surface area contributed by atoms with Gasteiger partial charge in [-0.2, -0.15) is 0 Å². The zero-order chi connectivity index (χ0) is 15.2. The summed E-state index contributed by atoms with van der Waals surface area (Å²) in [6.07, 6.45) is 0. The van der Waals surface area contributed by atoms with Gasteiger partial charge in [0.25, 0.3) is 5.91 Å². The van der Waals surface area contributed by atoms with Gasteiger partial charge in [0.2, 0.25) is 0 Å². The van der Waals surface area contributed by atoms with Gasteiger partial charge in [-0.3, -0.25) is 4.79 Å². The van der Waals surface area contributed by atoms with E-state index < -0.39 is 0 Å². The maximum atomic E-state index is 12.1. The van der Waals surface area contributed by atoms with E-state index in [0.717, 1.165) is 32.7 Å². The molecule has 0 spiro atoms. The van der Waals surface area contributed by atoms with Crippen molar-refractivity contribution >= 4 is 23.2 Å². The number of benzene rings is 1. The molecule has 0 aromatic heterocycles. The van der Waals surface area contributed by atoms with Crippen LogP contribution < -0.4 is 15.1 Å². The van der Waals surface area contributed by atoms with Crippen molar-refractivity contribution in [1.29, 1.82) is 0 Å². The molecule has 2 rings (SSSR count). The second kappa shape index (κ2) is 7.59. The highest BCUT2D eigenvalue weighted by Crippen LogP contribution is 2.19. The number of hydrogen-bond acceptors (Lipinski definition) is 1. The number of quaternary nitrogens is 2. The van der Waals surface area contributed by atoms with E-state index in [1.165, 1.54) is 10.5 Å². The zero-order valence-electron chi connectivity index (χ0n) is 12.5. The number of carbonyl (C=O) groups is 1. The van der Waals surface area contributed by atoms with E-state index in [1.807, 2.05) is 18.2 Å². The fraction of sp³-hybridized carbons (Fsp3) is 0.438. The van der Waals surface area contributed by atoms with Gasteiger partial charge in [0.1, 0.15) is 26.2 Å². The van der Waals surface area contributed by atoms with Crippen molar-refractivity contribution in [2.45, 2.75) is 6.92 Å². The van der Waals surface area contributed by atoms with Crippen LogP contribution in [0.15, 0.2) is 36.4 Å². The summed E-state index contributed by atoms with van der Waals surface area (Å²) in [7, 11) is 0. The van der Waals surface area contributed by atoms with Gasteiger partial charge in [-0.05, 0) is 24.6 Å². The Morgan fingerprint density at radius 3 is 2.33 bits per heavy atom. The molecule has 0 aliphatic carbocycles. The molecule has 21 heavy (non-hydrogen) atoms. The molecule has 0 atom stereocenters. The number of rotatable bonds is 5. The number of carbonyl (C=O) groups excluding carboxylic acids is 1. The number of halogens is 1. The zero-order valence-corrected chi connectivity index (χ0v) is 13.3. The van der Waals surface area contributed by atoms with Gasteiger partial charge in [0, 0.05) is 0 Å². The Morgan fingerprint density at radius 2 is 1.76 bits per heavy atom. The summed E-state index contributed by atoms with van der Waals surface area (Å²) in [6.45, 7) is 11.8. The highest BCUT2D eigenvalue weighted by molar-refractivity contribution is 6.33. The average Bonchev–Trinajstić information content (AvgIpc) is 2.43. The smallest absolute Gasteiger partial charge is 0.279 e. The standard InChI is InChI=1S/C16H22ClN3O/c1-13(2)11-19-7-9-20(10-8-19)12-16(21)18-15-6-4-3-5-14(15)17/h3-6H,1,7-12H2,2H3,(H,18,21)/p+2. The summed E-state index contributed by atoms with van der Waals surface area (Å²) in [4.78, 5) is 15.0. The summed E-state index contributed by atoms with van der Waals surface area (Å²) >= 11 is 6.05. The molecule has 0 saturated carbocycles. The van der Waals surface area contributed by atoms with Crippen LogP contribution in [0.3, 0.4) is 0 Å². The summed E-state index contributed by atoms with van der Waals surface area (Å²) in [5, 5.41) is 3.47. The van der Waals surface area contributed by atoms with Crippen LogP contribution in [-0.4, -0.2) is 45.2 Å². The highest BCUT2D eigenvalue weighted by atomic mass is 35.5. The van der Waals surface area contributed by atoms with Crippen molar-refractivity contribution < 1.29 is 14.6 Å². The lowest BCUT2D eigenvalue weighted by molar-refractivity contribution is -1.01. The van der Waals surface area contributed by atoms with E-state index in [0.29, 0.717) is 17.3 Å². The number of hydrogen-bond donors (Lipinski definition) is 3. The van der Waals surface area contributed by atoms with Crippen LogP contribution in [0, 0.1) is 0 Å². The monoisotopic (exact) mass is 309 g/mol. The lowest BCUT2D eigenvalue weighted by Gasteiger charge is -2.29. The third-order valence-electron chi connectivity index (χ3n) is 3.77. The number of anilines is 1. The van der Waals surface area contributed by atoms with Crippen LogP contribution in [0.2, 0.25) is 5.02 Å². The Kier molecular flexibility index (Phi) is 5.79. The summed E-state index contributed by atoms with van der Waals surface area (Å²) in [5.74, 6) is 0.0291. The van der Waals surface area contributed by atoms with Gasteiger partial charge in [0.05, 0.1) is 17.3 Å². The molecule has 3 N–H and O–H groups in total. The molecule has 4 nitrogen and oxygen atoms in total. The SMILES string of the molecule is C=C(C)C[NH+]1CC[NH+](CC(=O)Nc2ccccc2Cl)CC1. The minimum Gasteiger partial charge on any atom is -0.322 e. The van der Waals surface area contributed by atoms with Crippen LogP contribution in [0.1, 0.15) is 6.92 Å². The predicted molar refractivity (Wildman–Crippen MR) is 86.0 cm³/mol. The number of amides is 1. The van der Waals surface area contributed by atoms with Gasteiger partial charge in [0.15, 0.2) is 6.54 Å². The Morgan fingerprint density at radius 1 is 1.19 bits per heavy atom. The molecule has 114 valence electrons. The first-order chi connectivity index (χ1) is 10.0. The quantitative estimate of drug-likeness (QED) is 0.639. The largest absolute Gasteiger partial charge is 0.322 e. The lowest BCUT2D eigenvalue weighted by atomic mass is 10.2. The molecule has 1 fully saturated rings. The topological polar surface area (TPSA) is 38.0 Å². The van der Waals surface area contributed by atoms with Crippen molar-refractivity contribution in [2.24, 2.45) is 0 Å². The van der Waals surface area contributed by atoms with Gasteiger partial charge < -0.3 is 15.1 Å². The number of para-hydroxylation sites is 1. The van der Waals surface area contributed by atoms with Crippen molar-refractivity contribution in [1.82, 2.24) is 0 Å². The number of piperazine rings is 1. The Bertz CT molecular complexity index is 510. The molecule has 1 aliphatic heterocycles. The second-order valence-electron chi connectivity index (χ2n) is 5.84. The van der Waals surface area contributed by atoms with Gasteiger partial charge in [-0.1, -0.05) is 30.3 Å². The second-order valence-corrected chi connectivity index (χ2v) is 6.25. The first-order valence-electron chi connectivity index (χ1n) is 7.40. The summed E-state index contributed by atoms with van der Waals surface area (Å²) in [6, 6.07) is 7.33. The van der Waals surface area contributed by atoms with Gasteiger partial charge in [-0.25, -0.2) is 0 Å². The van der Waals surface area contributed by atoms with E-state index in [9.17, 15) is 4.79 Å². The fourth-order valence-electron chi connectivity index (χ4n) is 2.72. The van der Waals surface area contributed by atoms with E-state index in [-0.39, 0.29) is 5.91 Å². The lowest BCUT2D eigenvalue weighted by Crippen LogP contribution is -3.28. The van der Waals surface area contributed by atoms with E-state index >= 15 is 0 Å². The van der Waals surface area contributed by atoms with Crippen LogP contribution in [0.25, 0.3) is 0 Å². The van der Waals surface area contributed by atoms with Crippen LogP contribution in [0.5, 0.6) is 0 Å². The van der Waals surface area contributed by atoms with Crippen LogP contribution in [0.4, 0.5) is 5.69 Å². The molecular weight excluding hydrogens is 286 g/mol. The minimum absolute atomic E-state index is 0.0291. The minimum atomic E-state index is 0.0291. The molecule has 1 amide bonds. The molecule has 0 bridgehead atoms. The maximum Gasteiger partial charge on any atom is 0.279 e. The molecule has 5 heteroatoms. The van der Waals surface area contributed by atoms with Gasteiger partial charge in [-0.15, -0.1) is 0 Å². The van der Waals surface area contributed by atoms with Crippen molar-refractivity contribution in [2.75, 3.05) is 44.6 Å². The highest BCUT2D eigenvalue weighted by Gasteiger charge is 2.24. The predicted octanol–water partition coefficient (Wildman–Crippen LogP) is -0.362. The van der Waals surface area contributed by atoms with E-state index in [4.69, 9.17) is 11.6 Å². The van der Waals surface area contributed by atoms with Crippen molar-refractivity contribution in [3.63, 3.8) is 0 Å². The molecule has 1 saturated heterocycles. The molecule has 0 radical (unpaired) electrons. The Hall–Kier alpha value is -1.36. The normalized spacial score (nSPS) is 21.8. The van der Waals surface area contributed by atoms with E-state index in [1.54, 1.807) is 11.0 Å². The van der Waals surface area contributed by atoms with Crippen molar-refractivity contribution in [3.05, 3.63) is 41.4 Å². The first kappa shape index (κ1) is 16.0. The van der Waals surface area contributed by atoms with E-state index in [2.05, 4.69) is 18.8 Å². The van der Waals surface area contributed by atoms with Crippen LogP contribution >= 0.6 is 11.6 Å². The van der Waals surface area contributed by atoms with Gasteiger partial charge >= 0.3 is 0 Å². The third-order valence-corrected chi connectivity index (χ3v) is 4.10.